The van der Waals surface area contributed by atoms with Gasteiger partial charge in [0.05, 0.1) is 65.4 Å². The molecule has 128 heavy (non-hydrogen) atoms. The number of aliphatic hydroxyl groups excluding tert-OH is 1. The summed E-state index contributed by atoms with van der Waals surface area (Å²) in [5.74, 6) is 6.34. The fourth-order valence-electron chi connectivity index (χ4n) is 17.2. The van der Waals surface area contributed by atoms with Gasteiger partial charge in [0, 0.05) is 63.1 Å². The molecule has 1 aliphatic heterocycles. The van der Waals surface area contributed by atoms with Crippen molar-refractivity contribution in [3.8, 4) is 139 Å². The number of cyclic esters (lactones) is 1. The summed E-state index contributed by atoms with van der Waals surface area (Å²) in [4.78, 5) is 32.4. The molecular weight excluding hydrogens is 1610 g/mol. The van der Waals surface area contributed by atoms with Gasteiger partial charge >= 0.3 is 6.09 Å². The van der Waals surface area contributed by atoms with Crippen molar-refractivity contribution < 1.29 is 51.7 Å². The Balaban J connectivity index is 0.000000131. The van der Waals surface area contributed by atoms with E-state index >= 15 is 0 Å². The Labute approximate surface area is 744 Å². The number of aliphatic hydroxyl groups is 1. The van der Waals surface area contributed by atoms with Gasteiger partial charge in [0.2, 0.25) is 23.3 Å². The maximum absolute atomic E-state index is 12.1. The number of nitrogens with zero attached hydrogens (tertiary/aromatic N) is 13. The zero-order valence-electron chi connectivity index (χ0n) is 73.6. The highest BCUT2D eigenvalue weighted by atomic mass is 16.6. The molecule has 652 valence electrons. The van der Waals surface area contributed by atoms with E-state index in [0.29, 0.717) is 146 Å². The lowest BCUT2D eigenvalue weighted by molar-refractivity contribution is 0.147. The zero-order valence-corrected chi connectivity index (χ0v) is 73.6. The van der Waals surface area contributed by atoms with Crippen molar-refractivity contribution >= 4 is 6.09 Å². The Morgan fingerprint density at radius 1 is 0.445 bits per heavy atom. The molecule has 4 aromatic heterocycles. The molecule has 5 heterocycles. The number of carbonyl (C=O) groups excluding carboxylic acids is 1. The summed E-state index contributed by atoms with van der Waals surface area (Å²) in [6.45, 7) is 22.5. The number of hydrogen-bond donors (Lipinski definition) is 3. The van der Waals surface area contributed by atoms with E-state index in [0.717, 1.165) is 124 Å². The number of nitrogens with one attached hydrogen (secondary N) is 2. The van der Waals surface area contributed by atoms with Crippen LogP contribution in [0.3, 0.4) is 0 Å². The molecule has 26 nitrogen and oxygen atoms in total. The van der Waals surface area contributed by atoms with Crippen molar-refractivity contribution in [3.05, 3.63) is 248 Å². The first kappa shape index (κ1) is 88.7. The Hall–Kier alpha value is -14.2. The summed E-state index contributed by atoms with van der Waals surface area (Å²) in [5.41, 5.74) is 19.7. The Bertz CT molecular complexity index is 6280. The maximum atomic E-state index is 12.1. The van der Waals surface area contributed by atoms with Crippen molar-refractivity contribution in [2.75, 3.05) is 19.7 Å². The smallest absolute Gasteiger partial charge is 0.410 e. The SMILES string of the molecule is CC(C)Oc1ccc(-c2nc(-c3cccc4c3CC[C@@H]4N3CCOC3=O)no2)cc1C#N.CC(C)Oc1ccc(-c2nc(-c3cccc4c3CC[C@@H]4NCc3ccccc3)no2)cc1C#N.CCCNC1CCc2c(-c3noc(-c4ccc(OC(C)C)c(C#N)c4)n3)cccc21.CC[C@H](O)CCC1CCc2c(-c3noc(-c4ccc(OC(C)C)c(C#N)c4)n3)cccc21. The van der Waals surface area contributed by atoms with Gasteiger partial charge in [-0.25, -0.2) is 4.79 Å². The average molecular weight is 1720 g/mol. The number of ether oxygens (including phenoxy) is 5. The minimum absolute atomic E-state index is 0.00576. The second kappa shape index (κ2) is 40.9. The van der Waals surface area contributed by atoms with Crippen LogP contribution in [-0.2, 0) is 37.0 Å². The predicted molar refractivity (Wildman–Crippen MR) is 482 cm³/mol. The van der Waals surface area contributed by atoms with Crippen molar-refractivity contribution in [2.45, 2.75) is 207 Å². The second-order valence-corrected chi connectivity index (χ2v) is 33.4. The van der Waals surface area contributed by atoms with Crippen LogP contribution < -0.4 is 29.6 Å². The first-order valence-corrected chi connectivity index (χ1v) is 44.1. The van der Waals surface area contributed by atoms with Crippen LogP contribution in [0.25, 0.3) is 91.4 Å². The maximum Gasteiger partial charge on any atom is 0.410 e. The summed E-state index contributed by atoms with van der Waals surface area (Å²) in [7, 11) is 0. The number of rotatable bonds is 27. The van der Waals surface area contributed by atoms with Gasteiger partial charge in [-0.3, -0.25) is 4.90 Å². The van der Waals surface area contributed by atoms with Gasteiger partial charge in [0.25, 0.3) is 23.6 Å². The number of fused-ring (bicyclic) bond motifs is 4. The van der Waals surface area contributed by atoms with Crippen LogP contribution in [0.2, 0.25) is 0 Å². The lowest BCUT2D eigenvalue weighted by atomic mass is 9.93. The van der Waals surface area contributed by atoms with Gasteiger partial charge in [-0.05, 0) is 268 Å². The molecule has 9 aromatic carbocycles. The number of hydrogen-bond acceptors (Lipinski definition) is 25. The summed E-state index contributed by atoms with van der Waals surface area (Å²) in [6, 6.07) is 66.0. The van der Waals surface area contributed by atoms with Crippen LogP contribution in [0.1, 0.15) is 217 Å². The third-order valence-corrected chi connectivity index (χ3v) is 23.2. The van der Waals surface area contributed by atoms with Gasteiger partial charge < -0.3 is 57.5 Å². The number of nitriles is 4. The minimum Gasteiger partial charge on any atom is -0.490 e. The molecule has 4 aliphatic carbocycles. The van der Waals surface area contributed by atoms with Crippen molar-refractivity contribution in [3.63, 3.8) is 0 Å². The fraction of sp³-hybridized carbons (Fsp3) is 0.343. The van der Waals surface area contributed by atoms with E-state index < -0.39 is 0 Å². The number of amides is 1. The molecule has 0 radical (unpaired) electrons. The molecule has 5 atom stereocenters. The molecule has 0 saturated carbocycles. The van der Waals surface area contributed by atoms with E-state index in [1.165, 1.54) is 38.9 Å². The third kappa shape index (κ3) is 20.4. The van der Waals surface area contributed by atoms with Crippen LogP contribution >= 0.6 is 0 Å². The molecule has 2 unspecified atom stereocenters. The summed E-state index contributed by atoms with van der Waals surface area (Å²) in [6.07, 6.45) is 11.0. The zero-order chi connectivity index (χ0) is 89.5. The van der Waals surface area contributed by atoms with E-state index in [-0.39, 0.29) is 42.7 Å². The van der Waals surface area contributed by atoms with Crippen molar-refractivity contribution in [2.24, 2.45) is 0 Å². The Morgan fingerprint density at radius 3 is 1.19 bits per heavy atom. The standard InChI is InChI=1S/C28H26N4O2.C26H29N3O3.C24H22N4O4.C24H26N4O2/c1-18(2)33-26-14-11-20(15-21(26)16-29)28-31-27(32-34-28)24-10-6-9-23-22(24)12-13-25(23)30-17-19-7-4-3-5-8-19;1-4-20(30)11-8-17-9-12-22-21(17)6-5-7-23(22)25-28-26(32-29-25)18-10-13-24(31-16(2)3)19(14-18)15-27;1-14(2)31-21-9-6-15(12-16(21)13-25)23-26-22(27-32-23)19-5-3-4-18-17(19)7-8-20(18)28-10-11-30-24(28)29;1-4-12-26-21-10-9-18-19(21)6-5-7-20(18)23-27-24(30-28-23)16-8-11-22(29-15(2)3)17(13-16)14-25/h3-11,14-15,18,25,30H,12-13,17H2,1-2H3;5-7,10,13-14,16-17,20,30H,4,8-9,11-12H2,1-3H3;3-6,9,12,14,20H,7-8,10-11H2,1-2H3;5-8,11,13,15,21,26H,4,9-10,12H2,1-3H3/t25-;17?,20-;20-;/m000./s1. The van der Waals surface area contributed by atoms with Gasteiger partial charge in [-0.2, -0.15) is 41.0 Å². The quantitative estimate of drug-likeness (QED) is 0.0430. The van der Waals surface area contributed by atoms with Crippen LogP contribution in [0.15, 0.2) is 194 Å². The lowest BCUT2D eigenvalue weighted by Crippen LogP contribution is -2.28. The monoisotopic (exact) mass is 1710 g/mol. The Kier molecular flexibility index (Phi) is 28.3. The highest BCUT2D eigenvalue weighted by molar-refractivity contribution is 5.74. The fourth-order valence-corrected chi connectivity index (χ4v) is 17.2. The molecule has 1 saturated heterocycles. The molecule has 13 aromatic rings. The molecule has 5 aliphatic rings. The second-order valence-electron chi connectivity index (χ2n) is 33.4. The highest BCUT2D eigenvalue weighted by Gasteiger charge is 2.38. The third-order valence-electron chi connectivity index (χ3n) is 23.2. The Morgan fingerprint density at radius 2 is 0.812 bits per heavy atom. The van der Waals surface area contributed by atoms with E-state index in [9.17, 15) is 30.9 Å². The first-order chi connectivity index (χ1) is 62.3. The van der Waals surface area contributed by atoms with E-state index in [4.69, 9.17) is 41.8 Å². The number of aromatic nitrogens is 8. The molecule has 3 N–H and O–H groups in total. The van der Waals surface area contributed by atoms with E-state index in [1.54, 1.807) is 59.5 Å². The lowest BCUT2D eigenvalue weighted by Gasteiger charge is -2.22. The highest BCUT2D eigenvalue weighted by Crippen LogP contribution is 2.46. The molecule has 1 fully saturated rings. The van der Waals surface area contributed by atoms with E-state index in [1.807, 2.05) is 117 Å². The number of carbonyl (C=O) groups is 1. The van der Waals surface area contributed by atoms with E-state index in [2.05, 4.69) is 149 Å². The average Bonchev–Trinajstić information content (AvgIpc) is 1.64. The van der Waals surface area contributed by atoms with Crippen LogP contribution in [-0.4, -0.2) is 107 Å². The molecule has 18 rings (SSSR count). The van der Waals surface area contributed by atoms with Gasteiger partial charge in [0.15, 0.2) is 0 Å². The van der Waals surface area contributed by atoms with Crippen LogP contribution in [0.4, 0.5) is 4.79 Å². The van der Waals surface area contributed by atoms with Gasteiger partial charge in [0.1, 0.15) is 53.9 Å². The van der Waals surface area contributed by atoms with Crippen molar-refractivity contribution in [1.29, 1.82) is 21.0 Å². The molecule has 1 amide bonds. The van der Waals surface area contributed by atoms with Gasteiger partial charge in [-0.1, -0.05) is 138 Å². The van der Waals surface area contributed by atoms with Crippen LogP contribution in [0.5, 0.6) is 23.0 Å². The normalized spacial score (nSPS) is 15.8. The predicted octanol–water partition coefficient (Wildman–Crippen LogP) is 21.0. The largest absolute Gasteiger partial charge is 0.490 e. The summed E-state index contributed by atoms with van der Waals surface area (Å²) in [5, 5.41) is 72.2. The minimum atomic E-state index is -0.256. The number of benzene rings is 9. The molecule has 0 spiro atoms. The molecule has 26 heteroatoms. The first-order valence-electron chi connectivity index (χ1n) is 44.1. The molecule has 0 bridgehead atoms. The van der Waals surface area contributed by atoms with Crippen molar-refractivity contribution in [1.82, 2.24) is 56.1 Å². The molecular formula is C102H103N15O11. The summed E-state index contributed by atoms with van der Waals surface area (Å²) >= 11 is 0. The summed E-state index contributed by atoms with van der Waals surface area (Å²) < 4.78 is 50.2. The van der Waals surface area contributed by atoms with Crippen LogP contribution in [0, 0.1) is 45.3 Å². The van der Waals surface area contributed by atoms with Gasteiger partial charge in [-0.15, -0.1) is 0 Å². The topological polar surface area (TPSA) is 362 Å².